The molecule has 6 rings (SSSR count). The number of rotatable bonds is 10. The first-order valence-electron chi connectivity index (χ1n) is 23.2. The van der Waals surface area contributed by atoms with Crippen molar-refractivity contribution < 1.29 is 0 Å². The molecule has 0 N–H and O–H groups in total. The van der Waals surface area contributed by atoms with Gasteiger partial charge in [-0.15, -0.1) is 0 Å². The van der Waals surface area contributed by atoms with Crippen LogP contribution in [0.3, 0.4) is 0 Å². The molecule has 1 saturated carbocycles. The summed E-state index contributed by atoms with van der Waals surface area (Å²) in [4.78, 5) is 0. The molecule has 0 heteroatoms. The normalized spacial score (nSPS) is 16.4. The standard InChI is InChI=1S/2C15H16.C12H24.C9H12.C8H18/c1-12-3-7-14(8-4-12)11-15-9-5-13(2)6-10-15;1-12-7-9-14(10-8-12)11-15-6-4-3-5-13(15)2;1-6-12(5)8-10(2)7-11(3,4)9-12;1-7-4-5-8(2)9(3)6-7;1-3-5-7-8-6-4-2/h2*3-10H,11H2,1-2H3;10H,6-9H2,1-5H3;4-6H,1-3H3;3-8H2,1-2H3/t;;10-,12?;;/m..1../s1. The Kier molecular flexibility index (Phi) is 23.5. The van der Waals surface area contributed by atoms with Gasteiger partial charge in [0.1, 0.15) is 0 Å². The summed E-state index contributed by atoms with van der Waals surface area (Å²) in [6.45, 7) is 31.5. The first-order chi connectivity index (χ1) is 28.0. The molecule has 0 radical (unpaired) electrons. The molecule has 0 heterocycles. The van der Waals surface area contributed by atoms with Crippen molar-refractivity contribution in [1.29, 1.82) is 0 Å². The van der Waals surface area contributed by atoms with Gasteiger partial charge in [0.15, 0.2) is 0 Å². The van der Waals surface area contributed by atoms with Crippen LogP contribution < -0.4 is 0 Å². The van der Waals surface area contributed by atoms with E-state index in [1.54, 1.807) is 0 Å². The fourth-order valence-corrected chi connectivity index (χ4v) is 8.55. The van der Waals surface area contributed by atoms with Crippen LogP contribution in [-0.2, 0) is 12.8 Å². The Hall–Kier alpha value is -3.90. The molecule has 5 aromatic rings. The average Bonchev–Trinajstić information content (AvgIpc) is 3.19. The molecule has 1 fully saturated rings. The highest BCUT2D eigenvalue weighted by Gasteiger charge is 2.38. The Morgan fingerprint density at radius 3 is 1.29 bits per heavy atom. The Balaban J connectivity index is 0.000000260. The first-order valence-corrected chi connectivity index (χ1v) is 23.2. The van der Waals surface area contributed by atoms with Crippen molar-refractivity contribution in [1.82, 2.24) is 0 Å². The van der Waals surface area contributed by atoms with E-state index in [4.69, 9.17) is 0 Å². The van der Waals surface area contributed by atoms with Crippen molar-refractivity contribution in [3.05, 3.63) is 176 Å². The fraction of sp³-hybridized carbons (Fsp3) is 0.492. The number of hydrogen-bond donors (Lipinski definition) is 0. The van der Waals surface area contributed by atoms with Crippen LogP contribution in [0.2, 0.25) is 0 Å². The van der Waals surface area contributed by atoms with E-state index >= 15 is 0 Å². The SMILES string of the molecule is CCC1(C)C[C@H](C)CC(C)(C)C1.CCCCCCCC.Cc1ccc(C)c(C)c1.Cc1ccc(Cc2ccc(C)cc2)cc1.Cc1ccc(Cc2ccccc2C)cc1. The van der Waals surface area contributed by atoms with Gasteiger partial charge in [-0.05, 0) is 136 Å². The Bertz CT molecular complexity index is 1790. The summed E-state index contributed by atoms with van der Waals surface area (Å²) in [6.07, 6.45) is 16.2. The monoisotopic (exact) mass is 795 g/mol. The first kappa shape index (κ1) is 51.2. The van der Waals surface area contributed by atoms with Crippen LogP contribution in [0.15, 0.2) is 115 Å². The zero-order valence-electron chi connectivity index (χ0n) is 40.5. The zero-order valence-corrected chi connectivity index (χ0v) is 40.5. The summed E-state index contributed by atoms with van der Waals surface area (Å²) in [5, 5.41) is 0. The maximum Gasteiger partial charge on any atom is -0.00231 e. The third kappa shape index (κ3) is 21.8. The van der Waals surface area contributed by atoms with Crippen LogP contribution in [0.1, 0.15) is 174 Å². The highest BCUT2D eigenvalue weighted by Crippen LogP contribution is 2.49. The molecule has 0 spiro atoms. The topological polar surface area (TPSA) is 0 Å². The molecule has 322 valence electrons. The Labute approximate surface area is 365 Å². The molecular formula is C59H86. The summed E-state index contributed by atoms with van der Waals surface area (Å²) in [5.41, 5.74) is 16.2. The minimum Gasteiger partial charge on any atom is -0.0654 e. The number of hydrogen-bond acceptors (Lipinski definition) is 0. The molecule has 0 saturated heterocycles. The lowest BCUT2D eigenvalue weighted by Crippen LogP contribution is -2.34. The van der Waals surface area contributed by atoms with Gasteiger partial charge in [0.2, 0.25) is 0 Å². The van der Waals surface area contributed by atoms with Crippen molar-refractivity contribution >= 4 is 0 Å². The average molecular weight is 795 g/mol. The van der Waals surface area contributed by atoms with Crippen molar-refractivity contribution in [3.8, 4) is 0 Å². The van der Waals surface area contributed by atoms with E-state index in [9.17, 15) is 0 Å². The summed E-state index contributed by atoms with van der Waals surface area (Å²) in [5.74, 6) is 0.929. The Morgan fingerprint density at radius 1 is 0.458 bits per heavy atom. The van der Waals surface area contributed by atoms with E-state index in [1.807, 2.05) is 0 Å². The van der Waals surface area contributed by atoms with Crippen molar-refractivity contribution in [2.75, 3.05) is 0 Å². The quantitative estimate of drug-likeness (QED) is 0.124. The van der Waals surface area contributed by atoms with Gasteiger partial charge in [-0.1, -0.05) is 231 Å². The van der Waals surface area contributed by atoms with Gasteiger partial charge in [0.25, 0.3) is 0 Å². The van der Waals surface area contributed by atoms with Gasteiger partial charge in [-0.3, -0.25) is 0 Å². The number of benzene rings is 5. The molecule has 1 aliphatic rings. The number of aryl methyl sites for hydroxylation is 7. The van der Waals surface area contributed by atoms with Gasteiger partial charge >= 0.3 is 0 Å². The summed E-state index contributed by atoms with van der Waals surface area (Å²) < 4.78 is 0. The van der Waals surface area contributed by atoms with E-state index < -0.39 is 0 Å². The highest BCUT2D eigenvalue weighted by atomic mass is 14.4. The molecule has 0 aliphatic heterocycles. The van der Waals surface area contributed by atoms with E-state index in [1.165, 1.54) is 125 Å². The van der Waals surface area contributed by atoms with Crippen LogP contribution in [0.5, 0.6) is 0 Å². The van der Waals surface area contributed by atoms with Crippen molar-refractivity contribution in [2.24, 2.45) is 16.7 Å². The smallest absolute Gasteiger partial charge is 0.00231 e. The van der Waals surface area contributed by atoms with E-state index in [0.29, 0.717) is 10.8 Å². The maximum atomic E-state index is 2.46. The molecule has 5 aromatic carbocycles. The largest absolute Gasteiger partial charge is 0.0654 e. The molecular weight excluding hydrogens is 709 g/mol. The molecule has 1 aliphatic carbocycles. The second kappa shape index (κ2) is 27.0. The predicted molar refractivity (Wildman–Crippen MR) is 265 cm³/mol. The molecule has 0 bridgehead atoms. The zero-order chi connectivity index (χ0) is 43.8. The second-order valence-corrected chi connectivity index (χ2v) is 19.3. The maximum absolute atomic E-state index is 2.46. The molecule has 0 amide bonds. The molecule has 59 heavy (non-hydrogen) atoms. The molecule has 0 nitrogen and oxygen atoms in total. The Morgan fingerprint density at radius 2 is 0.898 bits per heavy atom. The van der Waals surface area contributed by atoms with E-state index in [0.717, 1.165) is 18.8 Å². The summed E-state index contributed by atoms with van der Waals surface area (Å²) in [7, 11) is 0. The lowest BCUT2D eigenvalue weighted by atomic mass is 9.60. The lowest BCUT2D eigenvalue weighted by molar-refractivity contribution is 0.0581. The van der Waals surface area contributed by atoms with Gasteiger partial charge in [0, 0.05) is 0 Å². The number of unbranched alkanes of at least 4 members (excludes halogenated alkanes) is 5. The second-order valence-electron chi connectivity index (χ2n) is 19.3. The molecule has 1 unspecified atom stereocenters. The van der Waals surface area contributed by atoms with Gasteiger partial charge in [-0.2, -0.15) is 0 Å². The summed E-state index contributed by atoms with van der Waals surface area (Å²) in [6, 6.07) is 41.3. The van der Waals surface area contributed by atoms with Crippen molar-refractivity contribution in [3.63, 3.8) is 0 Å². The van der Waals surface area contributed by atoms with Crippen LogP contribution >= 0.6 is 0 Å². The third-order valence-corrected chi connectivity index (χ3v) is 12.0. The van der Waals surface area contributed by atoms with E-state index in [2.05, 4.69) is 212 Å². The van der Waals surface area contributed by atoms with Crippen LogP contribution in [0.25, 0.3) is 0 Å². The highest BCUT2D eigenvalue weighted by molar-refractivity contribution is 5.33. The lowest BCUT2D eigenvalue weighted by Gasteiger charge is -2.45. The fourth-order valence-electron chi connectivity index (χ4n) is 8.55. The van der Waals surface area contributed by atoms with E-state index in [-0.39, 0.29) is 0 Å². The third-order valence-electron chi connectivity index (χ3n) is 12.0. The molecule has 2 atom stereocenters. The molecule has 0 aromatic heterocycles. The summed E-state index contributed by atoms with van der Waals surface area (Å²) >= 11 is 0. The van der Waals surface area contributed by atoms with Crippen LogP contribution in [-0.4, -0.2) is 0 Å². The van der Waals surface area contributed by atoms with Crippen LogP contribution in [0, 0.1) is 65.2 Å². The van der Waals surface area contributed by atoms with Crippen LogP contribution in [0.4, 0.5) is 0 Å². The van der Waals surface area contributed by atoms with Gasteiger partial charge < -0.3 is 0 Å². The predicted octanol–water partition coefficient (Wildman–Crippen LogP) is 18.0. The minimum atomic E-state index is 0.586. The minimum absolute atomic E-state index is 0.586. The van der Waals surface area contributed by atoms with Gasteiger partial charge in [0.05, 0.1) is 0 Å². The van der Waals surface area contributed by atoms with Gasteiger partial charge in [-0.25, -0.2) is 0 Å². The van der Waals surface area contributed by atoms with Crippen molar-refractivity contribution in [2.45, 2.75) is 174 Å².